The third kappa shape index (κ3) is 2.17. The second-order valence-corrected chi connectivity index (χ2v) is 4.57. The second-order valence-electron chi connectivity index (χ2n) is 2.76. The van der Waals surface area contributed by atoms with Crippen molar-refractivity contribution in [3.8, 4) is 0 Å². The lowest BCUT2D eigenvalue weighted by atomic mass is 10.3. The van der Waals surface area contributed by atoms with Crippen LogP contribution in [0.25, 0.3) is 0 Å². The first-order valence-corrected chi connectivity index (χ1v) is 5.29. The number of hydrogen-bond acceptors (Lipinski definition) is 5. The highest BCUT2D eigenvalue weighted by Crippen LogP contribution is 2.14. The van der Waals surface area contributed by atoms with Gasteiger partial charge in [-0.15, -0.1) is 0 Å². The van der Waals surface area contributed by atoms with Crippen LogP contribution in [-0.4, -0.2) is 18.8 Å². The average molecular weight is 229 g/mol. The average Bonchev–Trinajstić information content (AvgIpc) is 2.17. The van der Waals surface area contributed by atoms with Crippen LogP contribution >= 0.6 is 0 Å². The van der Waals surface area contributed by atoms with E-state index in [9.17, 15) is 8.42 Å². The van der Waals surface area contributed by atoms with Gasteiger partial charge < -0.3 is 11.5 Å². The number of benzene rings is 1. The maximum Gasteiger partial charge on any atom is 0.280 e. The number of hydrogen-bond donors (Lipinski definition) is 4. The van der Waals surface area contributed by atoms with Crippen molar-refractivity contribution in [2.75, 3.05) is 5.73 Å². The Morgan fingerprint density at radius 1 is 1.27 bits per heavy atom. The highest BCUT2D eigenvalue weighted by atomic mass is 32.2. The first-order chi connectivity index (χ1) is 6.85. The zero-order valence-electron chi connectivity index (χ0n) is 7.71. The molecule has 0 atom stereocenters. The van der Waals surface area contributed by atoms with E-state index in [0.717, 1.165) is 0 Å². The van der Waals surface area contributed by atoms with E-state index in [2.05, 4.69) is 0 Å². The van der Waals surface area contributed by atoms with Gasteiger partial charge in [-0.25, -0.2) is 5.84 Å². The van der Waals surface area contributed by atoms with Gasteiger partial charge in [0.25, 0.3) is 10.0 Å². The fourth-order valence-electron chi connectivity index (χ4n) is 0.883. The number of nitrogens with two attached hydrogens (primary N) is 3. The van der Waals surface area contributed by atoms with E-state index in [-0.39, 0.29) is 9.31 Å². The number of nitrogens with zero attached hydrogens (tertiary/aromatic N) is 1. The van der Waals surface area contributed by atoms with E-state index < -0.39 is 16.0 Å². The van der Waals surface area contributed by atoms with Crippen LogP contribution in [0, 0.1) is 5.41 Å². The summed E-state index contributed by atoms with van der Waals surface area (Å²) >= 11 is 0. The number of hydrazine groups is 1. The van der Waals surface area contributed by atoms with E-state index in [0.29, 0.717) is 5.69 Å². The van der Waals surface area contributed by atoms with E-state index >= 15 is 0 Å². The summed E-state index contributed by atoms with van der Waals surface area (Å²) in [5.41, 5.74) is 10.8. The van der Waals surface area contributed by atoms with E-state index in [1.807, 2.05) is 0 Å². The van der Waals surface area contributed by atoms with Gasteiger partial charge in [-0.05, 0) is 24.3 Å². The predicted octanol–water partition coefficient (Wildman–Crippen LogP) is -0.973. The Kier molecular flexibility index (Phi) is 2.82. The first-order valence-electron chi connectivity index (χ1n) is 3.85. The molecule has 1 aromatic carbocycles. The molecule has 7 N–H and O–H groups in total. The Balaban J connectivity index is 3.17. The minimum atomic E-state index is -3.95. The van der Waals surface area contributed by atoms with E-state index in [4.69, 9.17) is 22.7 Å². The molecule has 0 saturated heterocycles. The molecule has 7 nitrogen and oxygen atoms in total. The molecule has 0 heterocycles. The van der Waals surface area contributed by atoms with E-state index in [1.165, 1.54) is 24.3 Å². The third-order valence-corrected chi connectivity index (χ3v) is 3.26. The van der Waals surface area contributed by atoms with Gasteiger partial charge in [-0.1, -0.05) is 0 Å². The van der Waals surface area contributed by atoms with Crippen molar-refractivity contribution in [3.05, 3.63) is 24.3 Å². The maximum atomic E-state index is 11.6. The fourth-order valence-corrected chi connectivity index (χ4v) is 1.85. The van der Waals surface area contributed by atoms with E-state index in [1.54, 1.807) is 0 Å². The highest BCUT2D eigenvalue weighted by Gasteiger charge is 2.22. The van der Waals surface area contributed by atoms with Crippen molar-refractivity contribution in [3.63, 3.8) is 0 Å². The van der Waals surface area contributed by atoms with Crippen LogP contribution < -0.4 is 17.3 Å². The molecular formula is C7H11N5O2S. The van der Waals surface area contributed by atoms with Crippen molar-refractivity contribution in [2.45, 2.75) is 4.90 Å². The lowest BCUT2D eigenvalue weighted by Crippen LogP contribution is -2.46. The SMILES string of the molecule is N=C(N)N(N)S(=O)(=O)c1ccc(N)cc1. The van der Waals surface area contributed by atoms with Crippen LogP contribution in [0.2, 0.25) is 0 Å². The molecule has 0 aromatic heterocycles. The van der Waals surface area contributed by atoms with Gasteiger partial charge in [0.1, 0.15) is 0 Å². The van der Waals surface area contributed by atoms with Gasteiger partial charge >= 0.3 is 0 Å². The van der Waals surface area contributed by atoms with Crippen LogP contribution in [0.15, 0.2) is 29.2 Å². The smallest absolute Gasteiger partial charge is 0.280 e. The van der Waals surface area contributed by atoms with Crippen molar-refractivity contribution >= 4 is 21.7 Å². The summed E-state index contributed by atoms with van der Waals surface area (Å²) in [6.45, 7) is 0. The Labute approximate surface area is 87.0 Å². The summed E-state index contributed by atoms with van der Waals surface area (Å²) in [6, 6.07) is 5.41. The van der Waals surface area contributed by atoms with Crippen molar-refractivity contribution in [2.24, 2.45) is 11.6 Å². The standard InChI is InChI=1S/C7H11N5O2S/c8-5-1-3-6(4-2-5)15(13,14)12(11)7(9)10/h1-4H,8,11H2,(H3,9,10). The fraction of sp³-hybridized carbons (Fsp3) is 0. The van der Waals surface area contributed by atoms with Crippen molar-refractivity contribution < 1.29 is 8.42 Å². The topological polar surface area (TPSA) is 139 Å². The molecule has 0 saturated carbocycles. The number of sulfonamides is 1. The molecule has 82 valence electrons. The van der Waals surface area contributed by atoms with Crippen LogP contribution in [-0.2, 0) is 10.0 Å². The first kappa shape index (κ1) is 11.3. The summed E-state index contributed by atoms with van der Waals surface area (Å²) in [5, 5.41) is 6.92. The van der Waals surface area contributed by atoms with Gasteiger partial charge in [0.15, 0.2) is 0 Å². The molecule has 1 rings (SSSR count). The third-order valence-electron chi connectivity index (χ3n) is 1.67. The monoisotopic (exact) mass is 229 g/mol. The largest absolute Gasteiger partial charge is 0.399 e. The number of anilines is 1. The number of rotatable bonds is 2. The van der Waals surface area contributed by atoms with Gasteiger partial charge in [0.2, 0.25) is 5.96 Å². The predicted molar refractivity (Wildman–Crippen MR) is 56.0 cm³/mol. The van der Waals surface area contributed by atoms with Gasteiger partial charge in [-0.2, -0.15) is 12.8 Å². The molecule has 0 bridgehead atoms. The minimum absolute atomic E-state index is 0.0746. The summed E-state index contributed by atoms with van der Waals surface area (Å²) < 4.78 is 23.4. The van der Waals surface area contributed by atoms with Gasteiger partial charge in [0.05, 0.1) is 4.90 Å². The highest BCUT2D eigenvalue weighted by molar-refractivity contribution is 7.89. The molecule has 0 fully saturated rings. The maximum absolute atomic E-state index is 11.6. The molecule has 0 aliphatic heterocycles. The molecule has 0 radical (unpaired) electrons. The minimum Gasteiger partial charge on any atom is -0.399 e. The summed E-state index contributed by atoms with van der Waals surface area (Å²) in [5.74, 6) is 4.37. The van der Waals surface area contributed by atoms with Crippen LogP contribution in [0.4, 0.5) is 5.69 Å². The Hall–Kier alpha value is -1.80. The van der Waals surface area contributed by atoms with Gasteiger partial charge in [0, 0.05) is 5.69 Å². The second kappa shape index (κ2) is 3.75. The molecule has 1 aromatic rings. The zero-order valence-corrected chi connectivity index (χ0v) is 8.53. The Morgan fingerprint density at radius 3 is 2.13 bits per heavy atom. The van der Waals surface area contributed by atoms with Crippen LogP contribution in [0.5, 0.6) is 0 Å². The van der Waals surface area contributed by atoms with Crippen LogP contribution in [0.1, 0.15) is 0 Å². The summed E-state index contributed by atoms with van der Waals surface area (Å²) in [4.78, 5) is -0.0746. The zero-order chi connectivity index (χ0) is 11.6. The lowest BCUT2D eigenvalue weighted by molar-refractivity contribution is 0.529. The van der Waals surface area contributed by atoms with Crippen LogP contribution in [0.3, 0.4) is 0 Å². The molecule has 0 aliphatic carbocycles. The lowest BCUT2D eigenvalue weighted by Gasteiger charge is -2.15. The molecule has 8 heteroatoms. The molecule has 15 heavy (non-hydrogen) atoms. The Morgan fingerprint density at radius 2 is 1.73 bits per heavy atom. The quantitative estimate of drug-likeness (QED) is 0.170. The summed E-state index contributed by atoms with van der Waals surface area (Å²) in [6.07, 6.45) is 0. The Bertz CT molecular complexity index is 467. The number of guanidine groups is 1. The van der Waals surface area contributed by atoms with Crippen molar-refractivity contribution in [1.29, 1.82) is 5.41 Å². The molecule has 0 spiro atoms. The number of nitrogens with one attached hydrogen (secondary N) is 1. The van der Waals surface area contributed by atoms with Crippen molar-refractivity contribution in [1.82, 2.24) is 4.41 Å². The molecule has 0 aliphatic rings. The molecule has 0 amide bonds. The summed E-state index contributed by atoms with van der Waals surface area (Å²) in [7, 11) is -3.95. The molecule has 0 unspecified atom stereocenters. The normalized spacial score (nSPS) is 11.0. The van der Waals surface area contributed by atoms with Gasteiger partial charge in [-0.3, -0.25) is 5.41 Å². The number of nitrogen functional groups attached to an aromatic ring is 1. The molecular weight excluding hydrogens is 218 g/mol.